The fourth-order valence-electron chi connectivity index (χ4n) is 2.13. The van der Waals surface area contributed by atoms with Crippen LogP contribution in [-0.4, -0.2) is 35.5 Å². The third-order valence-corrected chi connectivity index (χ3v) is 3.58. The molecule has 2 aliphatic rings. The number of hydrogen-bond acceptors (Lipinski definition) is 4. The van der Waals surface area contributed by atoms with Crippen molar-refractivity contribution in [2.24, 2.45) is 10.5 Å². The standard InChI is InChI=1S/C12H16N4O2/c1-12(8-13)4-6-16(7-5-12)11(18)9-2-3-10(17)15-14-9/h2-7H2,1H3,(H,15,17). The second-order valence-corrected chi connectivity index (χ2v) is 5.06. The van der Waals surface area contributed by atoms with Crippen molar-refractivity contribution in [1.82, 2.24) is 10.3 Å². The fraction of sp³-hybridized carbons (Fsp3) is 0.667. The molecule has 0 aromatic heterocycles. The summed E-state index contributed by atoms with van der Waals surface area (Å²) in [6.07, 6.45) is 2.09. The number of nitrogens with one attached hydrogen (secondary N) is 1. The zero-order valence-corrected chi connectivity index (χ0v) is 10.4. The van der Waals surface area contributed by atoms with Gasteiger partial charge in [-0.15, -0.1) is 0 Å². The maximum atomic E-state index is 12.1. The number of carbonyl (C=O) groups excluding carboxylic acids is 2. The minimum Gasteiger partial charge on any atom is -0.337 e. The zero-order valence-electron chi connectivity index (χ0n) is 10.4. The van der Waals surface area contributed by atoms with E-state index in [-0.39, 0.29) is 17.2 Å². The van der Waals surface area contributed by atoms with Crippen LogP contribution >= 0.6 is 0 Å². The molecule has 6 nitrogen and oxygen atoms in total. The van der Waals surface area contributed by atoms with Crippen molar-refractivity contribution in [1.29, 1.82) is 5.26 Å². The summed E-state index contributed by atoms with van der Waals surface area (Å²) < 4.78 is 0. The number of nitrogens with zero attached hydrogens (tertiary/aromatic N) is 3. The first-order valence-corrected chi connectivity index (χ1v) is 6.10. The summed E-state index contributed by atoms with van der Waals surface area (Å²) in [6, 6.07) is 2.30. The van der Waals surface area contributed by atoms with E-state index in [4.69, 9.17) is 5.26 Å². The Morgan fingerprint density at radius 3 is 2.61 bits per heavy atom. The minimum atomic E-state index is -0.320. The third kappa shape index (κ3) is 2.50. The van der Waals surface area contributed by atoms with Crippen LogP contribution in [0.4, 0.5) is 0 Å². The molecule has 0 unspecified atom stereocenters. The SMILES string of the molecule is CC1(C#N)CCN(C(=O)C2=NNC(=O)CC2)CC1. The predicted molar refractivity (Wildman–Crippen MR) is 64.3 cm³/mol. The molecule has 0 aliphatic carbocycles. The first-order valence-electron chi connectivity index (χ1n) is 6.10. The van der Waals surface area contributed by atoms with Gasteiger partial charge < -0.3 is 4.90 Å². The summed E-state index contributed by atoms with van der Waals surface area (Å²) in [5.74, 6) is -0.266. The Labute approximate surface area is 106 Å². The molecule has 0 atom stereocenters. The van der Waals surface area contributed by atoms with E-state index in [9.17, 15) is 9.59 Å². The lowest BCUT2D eigenvalue weighted by Gasteiger charge is -2.35. The molecule has 1 N–H and O–H groups in total. The number of amides is 2. The molecular formula is C12H16N4O2. The number of hydrazone groups is 1. The summed E-state index contributed by atoms with van der Waals surface area (Å²) in [6.45, 7) is 3.08. The van der Waals surface area contributed by atoms with Gasteiger partial charge in [-0.3, -0.25) is 9.59 Å². The van der Waals surface area contributed by atoms with Gasteiger partial charge >= 0.3 is 0 Å². The van der Waals surface area contributed by atoms with E-state index in [0.717, 1.165) is 0 Å². The second-order valence-electron chi connectivity index (χ2n) is 5.06. The Balaban J connectivity index is 1.96. The molecule has 0 aromatic rings. The van der Waals surface area contributed by atoms with E-state index in [1.165, 1.54) is 0 Å². The quantitative estimate of drug-likeness (QED) is 0.729. The molecule has 2 rings (SSSR count). The molecule has 2 heterocycles. The van der Waals surface area contributed by atoms with E-state index in [2.05, 4.69) is 16.6 Å². The summed E-state index contributed by atoms with van der Waals surface area (Å²) in [5, 5.41) is 12.8. The number of hydrogen-bond donors (Lipinski definition) is 1. The van der Waals surface area contributed by atoms with Crippen molar-refractivity contribution < 1.29 is 9.59 Å². The van der Waals surface area contributed by atoms with Crippen LogP contribution < -0.4 is 5.43 Å². The van der Waals surface area contributed by atoms with Crippen LogP contribution in [0, 0.1) is 16.7 Å². The van der Waals surface area contributed by atoms with E-state index in [0.29, 0.717) is 44.5 Å². The van der Waals surface area contributed by atoms with Gasteiger partial charge in [-0.2, -0.15) is 10.4 Å². The molecule has 0 saturated carbocycles. The maximum absolute atomic E-state index is 12.1. The highest BCUT2D eigenvalue weighted by atomic mass is 16.2. The van der Waals surface area contributed by atoms with Gasteiger partial charge in [0, 0.05) is 25.9 Å². The maximum Gasteiger partial charge on any atom is 0.270 e. The van der Waals surface area contributed by atoms with Crippen LogP contribution in [0.1, 0.15) is 32.6 Å². The fourth-order valence-corrected chi connectivity index (χ4v) is 2.13. The van der Waals surface area contributed by atoms with Crippen molar-refractivity contribution in [2.45, 2.75) is 32.6 Å². The summed E-state index contributed by atoms with van der Waals surface area (Å²) in [5.41, 5.74) is 2.42. The molecule has 6 heteroatoms. The molecule has 18 heavy (non-hydrogen) atoms. The van der Waals surface area contributed by atoms with Crippen LogP contribution in [0.2, 0.25) is 0 Å². The van der Waals surface area contributed by atoms with Gasteiger partial charge in [0.15, 0.2) is 0 Å². The Morgan fingerprint density at radius 2 is 2.11 bits per heavy atom. The molecular weight excluding hydrogens is 232 g/mol. The van der Waals surface area contributed by atoms with Crippen LogP contribution in [0.5, 0.6) is 0 Å². The van der Waals surface area contributed by atoms with Gasteiger partial charge in [-0.05, 0) is 19.8 Å². The minimum absolute atomic E-state index is 0.116. The molecule has 2 aliphatic heterocycles. The van der Waals surface area contributed by atoms with Gasteiger partial charge in [0.05, 0.1) is 11.5 Å². The summed E-state index contributed by atoms with van der Waals surface area (Å²) in [4.78, 5) is 24.8. The van der Waals surface area contributed by atoms with Crippen molar-refractivity contribution in [3.63, 3.8) is 0 Å². The first kappa shape index (κ1) is 12.6. The molecule has 1 saturated heterocycles. The van der Waals surface area contributed by atoms with E-state index >= 15 is 0 Å². The lowest BCUT2D eigenvalue weighted by molar-refractivity contribution is -0.126. The van der Waals surface area contributed by atoms with Gasteiger partial charge in [0.1, 0.15) is 5.71 Å². The number of likely N-dealkylation sites (tertiary alicyclic amines) is 1. The number of rotatable bonds is 1. The monoisotopic (exact) mass is 248 g/mol. The zero-order chi connectivity index (χ0) is 13.2. The number of piperidine rings is 1. The van der Waals surface area contributed by atoms with Crippen LogP contribution in [0.15, 0.2) is 5.10 Å². The lowest BCUT2D eigenvalue weighted by Crippen LogP contribution is -2.46. The van der Waals surface area contributed by atoms with Crippen molar-refractivity contribution in [3.8, 4) is 6.07 Å². The largest absolute Gasteiger partial charge is 0.337 e. The van der Waals surface area contributed by atoms with Crippen LogP contribution in [0.3, 0.4) is 0 Å². The number of carbonyl (C=O) groups is 2. The number of nitriles is 1. The molecule has 0 aromatic carbocycles. The van der Waals surface area contributed by atoms with E-state index < -0.39 is 0 Å². The van der Waals surface area contributed by atoms with Crippen molar-refractivity contribution in [3.05, 3.63) is 0 Å². The van der Waals surface area contributed by atoms with Gasteiger partial charge in [-0.25, -0.2) is 5.43 Å². The third-order valence-electron chi connectivity index (χ3n) is 3.58. The average molecular weight is 248 g/mol. The van der Waals surface area contributed by atoms with Crippen LogP contribution in [0.25, 0.3) is 0 Å². The Hall–Kier alpha value is -1.90. The Kier molecular flexibility index (Phi) is 3.32. The van der Waals surface area contributed by atoms with Crippen LogP contribution in [-0.2, 0) is 9.59 Å². The van der Waals surface area contributed by atoms with Gasteiger partial charge in [0.2, 0.25) is 5.91 Å². The lowest BCUT2D eigenvalue weighted by atomic mass is 9.82. The predicted octanol–water partition coefficient (Wildman–Crippen LogP) is 0.405. The Morgan fingerprint density at radius 1 is 1.44 bits per heavy atom. The highest BCUT2D eigenvalue weighted by Crippen LogP contribution is 2.29. The summed E-state index contributed by atoms with van der Waals surface area (Å²) in [7, 11) is 0. The van der Waals surface area contributed by atoms with Gasteiger partial charge in [0.25, 0.3) is 5.91 Å². The topological polar surface area (TPSA) is 85.6 Å². The summed E-state index contributed by atoms with van der Waals surface area (Å²) >= 11 is 0. The van der Waals surface area contributed by atoms with Crippen molar-refractivity contribution in [2.75, 3.05) is 13.1 Å². The molecule has 96 valence electrons. The molecule has 0 bridgehead atoms. The van der Waals surface area contributed by atoms with Crippen molar-refractivity contribution >= 4 is 17.5 Å². The first-order chi connectivity index (χ1) is 8.54. The van der Waals surface area contributed by atoms with E-state index in [1.807, 2.05) is 6.92 Å². The molecule has 0 radical (unpaired) electrons. The molecule has 1 fully saturated rings. The highest BCUT2D eigenvalue weighted by molar-refractivity contribution is 6.39. The normalized spacial score (nSPS) is 22.8. The van der Waals surface area contributed by atoms with E-state index in [1.54, 1.807) is 4.90 Å². The smallest absolute Gasteiger partial charge is 0.270 e. The molecule has 0 spiro atoms. The van der Waals surface area contributed by atoms with Gasteiger partial charge in [-0.1, -0.05) is 0 Å². The average Bonchev–Trinajstić information content (AvgIpc) is 2.40. The molecule has 2 amide bonds. The Bertz CT molecular complexity index is 441. The second kappa shape index (κ2) is 4.77. The highest BCUT2D eigenvalue weighted by Gasteiger charge is 2.33.